The lowest BCUT2D eigenvalue weighted by Gasteiger charge is -2.31. The van der Waals surface area contributed by atoms with E-state index in [1.165, 1.54) is 0 Å². The first-order valence-electron chi connectivity index (χ1n) is 9.56. The van der Waals surface area contributed by atoms with Crippen molar-refractivity contribution >= 4 is 10.0 Å². The van der Waals surface area contributed by atoms with Crippen LogP contribution in [0, 0.1) is 5.92 Å². The lowest BCUT2D eigenvalue weighted by atomic mass is 9.91. The zero-order chi connectivity index (χ0) is 18.6. The molecule has 6 nitrogen and oxygen atoms in total. The molecule has 1 aliphatic carbocycles. The fourth-order valence-electron chi connectivity index (χ4n) is 4.16. The third-order valence-corrected chi connectivity index (χ3v) is 7.09. The SMILES string of the molecule is COc1ccc(S(=O)(=O)NCCN2CCCC(CO)C2)c2c1CCCC2. The number of hydrogen-bond acceptors (Lipinski definition) is 5. The number of fused-ring (bicyclic) bond motifs is 1. The van der Waals surface area contributed by atoms with Gasteiger partial charge in [0, 0.05) is 26.2 Å². The molecule has 146 valence electrons. The summed E-state index contributed by atoms with van der Waals surface area (Å²) in [7, 11) is -1.89. The highest BCUT2D eigenvalue weighted by Crippen LogP contribution is 2.34. The molecule has 0 amide bonds. The van der Waals surface area contributed by atoms with Crippen LogP contribution in [0.15, 0.2) is 17.0 Å². The monoisotopic (exact) mass is 382 g/mol. The lowest BCUT2D eigenvalue weighted by Crippen LogP contribution is -2.41. The number of aliphatic hydroxyl groups is 1. The van der Waals surface area contributed by atoms with E-state index in [-0.39, 0.29) is 6.61 Å². The summed E-state index contributed by atoms with van der Waals surface area (Å²) in [4.78, 5) is 2.64. The number of benzene rings is 1. The molecule has 0 spiro atoms. The first-order chi connectivity index (χ1) is 12.5. The van der Waals surface area contributed by atoms with Gasteiger partial charge in [0.15, 0.2) is 0 Å². The van der Waals surface area contributed by atoms with Gasteiger partial charge in [-0.25, -0.2) is 13.1 Å². The van der Waals surface area contributed by atoms with Gasteiger partial charge in [-0.2, -0.15) is 0 Å². The molecule has 1 fully saturated rings. The van der Waals surface area contributed by atoms with Gasteiger partial charge in [0.1, 0.15) is 5.75 Å². The summed E-state index contributed by atoms with van der Waals surface area (Å²) in [6, 6.07) is 3.45. The second-order valence-electron chi connectivity index (χ2n) is 7.32. The molecular formula is C19H30N2O4S. The van der Waals surface area contributed by atoms with Crippen molar-refractivity contribution < 1.29 is 18.3 Å². The smallest absolute Gasteiger partial charge is 0.240 e. The number of likely N-dealkylation sites (tertiary alicyclic amines) is 1. The Morgan fingerprint density at radius 3 is 2.73 bits per heavy atom. The Morgan fingerprint density at radius 2 is 2.00 bits per heavy atom. The Bertz CT molecular complexity index is 720. The molecule has 1 aromatic carbocycles. The quantitative estimate of drug-likeness (QED) is 0.748. The Kier molecular flexibility index (Phi) is 6.55. The van der Waals surface area contributed by atoms with Crippen molar-refractivity contribution in [2.75, 3.05) is 39.9 Å². The fraction of sp³-hybridized carbons (Fsp3) is 0.684. The topological polar surface area (TPSA) is 78.9 Å². The Morgan fingerprint density at radius 1 is 1.23 bits per heavy atom. The summed E-state index contributed by atoms with van der Waals surface area (Å²) in [5, 5.41) is 9.32. The second-order valence-corrected chi connectivity index (χ2v) is 9.05. The number of hydrogen-bond donors (Lipinski definition) is 2. The summed E-state index contributed by atoms with van der Waals surface area (Å²) in [6.45, 7) is 3.09. The van der Waals surface area contributed by atoms with Gasteiger partial charge >= 0.3 is 0 Å². The van der Waals surface area contributed by atoms with Gasteiger partial charge in [-0.05, 0) is 74.2 Å². The van der Waals surface area contributed by atoms with Crippen molar-refractivity contribution in [2.24, 2.45) is 5.92 Å². The number of ether oxygens (including phenoxy) is 1. The number of piperidine rings is 1. The standard InChI is InChI=1S/C19H30N2O4S/c1-25-18-8-9-19(17-7-3-2-6-16(17)18)26(23,24)20-10-12-21-11-4-5-15(13-21)14-22/h8-9,15,20,22H,2-7,10-14H2,1H3. The predicted octanol–water partition coefficient (Wildman–Crippen LogP) is 1.56. The van der Waals surface area contributed by atoms with Crippen LogP contribution in [0.2, 0.25) is 0 Å². The maximum absolute atomic E-state index is 12.9. The van der Waals surface area contributed by atoms with E-state index < -0.39 is 10.0 Å². The largest absolute Gasteiger partial charge is 0.496 e. The maximum atomic E-state index is 12.9. The highest BCUT2D eigenvalue weighted by atomic mass is 32.2. The minimum atomic E-state index is -3.53. The molecule has 1 heterocycles. The highest BCUT2D eigenvalue weighted by molar-refractivity contribution is 7.89. The third kappa shape index (κ3) is 4.39. The van der Waals surface area contributed by atoms with E-state index in [0.29, 0.717) is 23.9 Å². The Labute approximate surface area is 156 Å². The minimum absolute atomic E-state index is 0.209. The average molecular weight is 383 g/mol. The van der Waals surface area contributed by atoms with Gasteiger partial charge in [-0.1, -0.05) is 0 Å². The molecule has 7 heteroatoms. The van der Waals surface area contributed by atoms with Crippen molar-refractivity contribution in [3.63, 3.8) is 0 Å². The van der Waals surface area contributed by atoms with Crippen molar-refractivity contribution in [2.45, 2.75) is 43.4 Å². The van der Waals surface area contributed by atoms with E-state index in [1.54, 1.807) is 19.2 Å². The Hall–Kier alpha value is -1.15. The van der Waals surface area contributed by atoms with Crippen LogP contribution in [-0.4, -0.2) is 58.3 Å². The van der Waals surface area contributed by atoms with Crippen LogP contribution in [0.25, 0.3) is 0 Å². The van der Waals surface area contributed by atoms with Gasteiger partial charge in [0.05, 0.1) is 12.0 Å². The zero-order valence-electron chi connectivity index (χ0n) is 15.5. The van der Waals surface area contributed by atoms with E-state index in [0.717, 1.165) is 68.5 Å². The molecule has 0 bridgehead atoms. The molecule has 1 saturated heterocycles. The molecule has 0 radical (unpaired) electrons. The normalized spacial score (nSPS) is 21.4. The van der Waals surface area contributed by atoms with E-state index in [4.69, 9.17) is 4.74 Å². The molecule has 3 rings (SSSR count). The van der Waals surface area contributed by atoms with Gasteiger partial charge in [0.2, 0.25) is 10.0 Å². The zero-order valence-corrected chi connectivity index (χ0v) is 16.4. The molecule has 26 heavy (non-hydrogen) atoms. The molecule has 1 atom stereocenters. The predicted molar refractivity (Wildman–Crippen MR) is 101 cm³/mol. The van der Waals surface area contributed by atoms with Gasteiger partial charge in [-0.3, -0.25) is 0 Å². The summed E-state index contributed by atoms with van der Waals surface area (Å²) >= 11 is 0. The first kappa shape index (κ1) is 19.6. The second kappa shape index (κ2) is 8.69. The van der Waals surface area contributed by atoms with Gasteiger partial charge in [0.25, 0.3) is 0 Å². The van der Waals surface area contributed by atoms with Gasteiger partial charge in [-0.15, -0.1) is 0 Å². The van der Waals surface area contributed by atoms with E-state index in [1.807, 2.05) is 0 Å². The lowest BCUT2D eigenvalue weighted by molar-refractivity contribution is 0.122. The number of nitrogens with one attached hydrogen (secondary N) is 1. The number of rotatable bonds is 7. The number of aliphatic hydroxyl groups excluding tert-OH is 1. The summed E-state index contributed by atoms with van der Waals surface area (Å²) < 4.78 is 33.9. The fourth-order valence-corrected chi connectivity index (χ4v) is 5.48. The van der Waals surface area contributed by atoms with Crippen LogP contribution in [-0.2, 0) is 22.9 Å². The molecular weight excluding hydrogens is 352 g/mol. The maximum Gasteiger partial charge on any atom is 0.240 e. The van der Waals surface area contributed by atoms with Crippen LogP contribution >= 0.6 is 0 Å². The van der Waals surface area contributed by atoms with Crippen LogP contribution < -0.4 is 9.46 Å². The van der Waals surface area contributed by atoms with Crippen LogP contribution in [0.3, 0.4) is 0 Å². The van der Waals surface area contributed by atoms with E-state index >= 15 is 0 Å². The number of methoxy groups -OCH3 is 1. The summed E-state index contributed by atoms with van der Waals surface area (Å²) in [5.74, 6) is 1.11. The Balaban J connectivity index is 1.67. The summed E-state index contributed by atoms with van der Waals surface area (Å²) in [6.07, 6.45) is 5.85. The molecule has 2 aliphatic rings. The third-order valence-electron chi connectivity index (χ3n) is 5.54. The minimum Gasteiger partial charge on any atom is -0.496 e. The number of nitrogens with zero attached hydrogens (tertiary/aromatic N) is 1. The van der Waals surface area contributed by atoms with E-state index in [2.05, 4.69) is 9.62 Å². The number of sulfonamides is 1. The molecule has 1 aliphatic heterocycles. The van der Waals surface area contributed by atoms with Crippen LogP contribution in [0.4, 0.5) is 0 Å². The summed E-state index contributed by atoms with van der Waals surface area (Å²) in [5.41, 5.74) is 1.96. The molecule has 0 saturated carbocycles. The average Bonchev–Trinajstić information content (AvgIpc) is 2.67. The van der Waals surface area contributed by atoms with Gasteiger partial charge < -0.3 is 14.7 Å². The van der Waals surface area contributed by atoms with Crippen molar-refractivity contribution in [1.82, 2.24) is 9.62 Å². The van der Waals surface area contributed by atoms with Crippen LogP contribution in [0.5, 0.6) is 5.75 Å². The molecule has 0 aromatic heterocycles. The highest BCUT2D eigenvalue weighted by Gasteiger charge is 2.25. The van der Waals surface area contributed by atoms with Crippen molar-refractivity contribution in [3.05, 3.63) is 23.3 Å². The van der Waals surface area contributed by atoms with Crippen molar-refractivity contribution in [3.8, 4) is 5.75 Å². The molecule has 1 aromatic rings. The van der Waals surface area contributed by atoms with E-state index in [9.17, 15) is 13.5 Å². The molecule has 2 N–H and O–H groups in total. The van der Waals surface area contributed by atoms with Crippen LogP contribution in [0.1, 0.15) is 36.8 Å². The molecule has 1 unspecified atom stereocenters. The van der Waals surface area contributed by atoms with Crippen molar-refractivity contribution in [1.29, 1.82) is 0 Å². The first-order valence-corrected chi connectivity index (χ1v) is 11.0.